The van der Waals surface area contributed by atoms with Gasteiger partial charge in [0.2, 0.25) is 11.7 Å². The summed E-state index contributed by atoms with van der Waals surface area (Å²) in [5, 5.41) is 0. The molecule has 0 aliphatic carbocycles. The SMILES string of the molecule is COc1cccc(-c2cnc(N(C)C)nc2[C@@H]2CCCN2C(=O)c2oc(C)nc2C)c1. The van der Waals surface area contributed by atoms with E-state index in [0.717, 1.165) is 35.4 Å². The molecule has 1 amide bonds. The van der Waals surface area contributed by atoms with Crippen LogP contribution >= 0.6 is 0 Å². The van der Waals surface area contributed by atoms with Gasteiger partial charge >= 0.3 is 0 Å². The van der Waals surface area contributed by atoms with E-state index in [2.05, 4.69) is 9.97 Å². The maximum absolute atomic E-state index is 13.4. The topological polar surface area (TPSA) is 84.6 Å². The third kappa shape index (κ3) is 3.97. The maximum atomic E-state index is 13.4. The lowest BCUT2D eigenvalue weighted by molar-refractivity contribution is 0.0698. The maximum Gasteiger partial charge on any atom is 0.292 e. The molecule has 3 aromatic rings. The first kappa shape index (κ1) is 20.8. The van der Waals surface area contributed by atoms with Crippen LogP contribution in [0.2, 0.25) is 0 Å². The Morgan fingerprint density at radius 2 is 2.06 bits per heavy atom. The molecular weight excluding hydrogens is 394 g/mol. The molecule has 8 heteroatoms. The van der Waals surface area contributed by atoms with Crippen molar-refractivity contribution in [2.24, 2.45) is 0 Å². The van der Waals surface area contributed by atoms with E-state index in [1.807, 2.05) is 54.4 Å². The fraction of sp³-hybridized carbons (Fsp3) is 0.391. The summed E-state index contributed by atoms with van der Waals surface area (Å²) < 4.78 is 11.0. The van der Waals surface area contributed by atoms with Gasteiger partial charge in [0.15, 0.2) is 5.89 Å². The average Bonchev–Trinajstić information content (AvgIpc) is 3.39. The smallest absolute Gasteiger partial charge is 0.292 e. The van der Waals surface area contributed by atoms with Crippen molar-refractivity contribution in [2.75, 3.05) is 32.6 Å². The van der Waals surface area contributed by atoms with Gasteiger partial charge in [-0.05, 0) is 37.5 Å². The van der Waals surface area contributed by atoms with E-state index < -0.39 is 0 Å². The van der Waals surface area contributed by atoms with Crippen LogP contribution in [0.5, 0.6) is 5.75 Å². The van der Waals surface area contributed by atoms with E-state index in [4.69, 9.17) is 14.1 Å². The number of hydrogen-bond donors (Lipinski definition) is 0. The zero-order valence-electron chi connectivity index (χ0n) is 18.5. The monoisotopic (exact) mass is 421 g/mol. The number of oxazole rings is 1. The fourth-order valence-electron chi connectivity index (χ4n) is 4.02. The molecule has 0 radical (unpaired) electrons. The molecule has 1 saturated heterocycles. The number of likely N-dealkylation sites (tertiary alicyclic amines) is 1. The van der Waals surface area contributed by atoms with Gasteiger partial charge in [-0.1, -0.05) is 12.1 Å². The number of nitrogens with zero attached hydrogens (tertiary/aromatic N) is 5. The zero-order chi connectivity index (χ0) is 22.1. The summed E-state index contributed by atoms with van der Waals surface area (Å²) in [6.45, 7) is 4.19. The molecule has 1 fully saturated rings. The Hall–Kier alpha value is -3.42. The van der Waals surface area contributed by atoms with Crippen LogP contribution in [0, 0.1) is 13.8 Å². The average molecular weight is 422 g/mol. The predicted molar refractivity (Wildman–Crippen MR) is 117 cm³/mol. The number of carbonyl (C=O) groups is 1. The lowest BCUT2D eigenvalue weighted by atomic mass is 9.99. The molecule has 8 nitrogen and oxygen atoms in total. The van der Waals surface area contributed by atoms with Crippen molar-refractivity contribution in [1.82, 2.24) is 19.9 Å². The van der Waals surface area contributed by atoms with E-state index in [1.54, 1.807) is 21.0 Å². The number of anilines is 1. The third-order valence-corrected chi connectivity index (χ3v) is 5.51. The molecule has 0 spiro atoms. The van der Waals surface area contributed by atoms with E-state index in [-0.39, 0.29) is 11.9 Å². The van der Waals surface area contributed by atoms with Crippen molar-refractivity contribution in [3.8, 4) is 16.9 Å². The number of benzene rings is 1. The van der Waals surface area contributed by atoms with Gasteiger partial charge in [-0.2, -0.15) is 0 Å². The molecule has 1 aliphatic heterocycles. The van der Waals surface area contributed by atoms with Crippen LogP contribution in [0.15, 0.2) is 34.9 Å². The summed E-state index contributed by atoms with van der Waals surface area (Å²) in [5.41, 5.74) is 3.27. The van der Waals surface area contributed by atoms with Gasteiger partial charge in [0.25, 0.3) is 5.91 Å². The molecule has 2 aromatic heterocycles. The number of hydrogen-bond acceptors (Lipinski definition) is 7. The number of carbonyl (C=O) groups excluding carboxylic acids is 1. The van der Waals surface area contributed by atoms with Crippen LogP contribution in [0.25, 0.3) is 11.1 Å². The Bertz CT molecular complexity index is 1110. The van der Waals surface area contributed by atoms with Gasteiger partial charge < -0.3 is 19.0 Å². The van der Waals surface area contributed by atoms with Crippen molar-refractivity contribution in [2.45, 2.75) is 32.7 Å². The first-order valence-corrected chi connectivity index (χ1v) is 10.3. The van der Waals surface area contributed by atoms with Crippen LogP contribution in [0.3, 0.4) is 0 Å². The van der Waals surface area contributed by atoms with E-state index in [1.165, 1.54) is 0 Å². The summed E-state index contributed by atoms with van der Waals surface area (Å²) in [7, 11) is 5.45. The van der Waals surface area contributed by atoms with Crippen LogP contribution in [-0.4, -0.2) is 53.5 Å². The Balaban J connectivity index is 1.80. The predicted octanol–water partition coefficient (Wildman–Crippen LogP) is 3.80. The van der Waals surface area contributed by atoms with Gasteiger partial charge in [0.1, 0.15) is 5.75 Å². The van der Waals surface area contributed by atoms with Crippen LogP contribution in [0.1, 0.15) is 46.7 Å². The molecule has 4 rings (SSSR count). The Kier molecular flexibility index (Phi) is 5.63. The molecule has 1 aliphatic rings. The standard InChI is InChI=1S/C23H27N5O3/c1-14-21(31-15(2)25-14)22(29)28-11-7-10-19(28)20-18(13-24-23(26-20)27(3)4)16-8-6-9-17(12-16)30-5/h6,8-9,12-13,19H,7,10-11H2,1-5H3/t19-/m0/s1. The third-order valence-electron chi connectivity index (χ3n) is 5.51. The van der Waals surface area contributed by atoms with Gasteiger partial charge in [-0.25, -0.2) is 15.0 Å². The first-order valence-electron chi connectivity index (χ1n) is 10.3. The lowest BCUT2D eigenvalue weighted by Gasteiger charge is -2.26. The van der Waals surface area contributed by atoms with Gasteiger partial charge in [-0.15, -0.1) is 0 Å². The molecular formula is C23H27N5O3. The number of rotatable bonds is 5. The summed E-state index contributed by atoms with van der Waals surface area (Å²) in [6.07, 6.45) is 3.54. The highest BCUT2D eigenvalue weighted by Gasteiger charge is 2.36. The highest BCUT2D eigenvalue weighted by atomic mass is 16.5. The van der Waals surface area contributed by atoms with Gasteiger partial charge in [-0.3, -0.25) is 4.79 Å². The molecule has 31 heavy (non-hydrogen) atoms. The highest BCUT2D eigenvalue weighted by Crippen LogP contribution is 2.38. The minimum absolute atomic E-state index is 0.151. The second-order valence-corrected chi connectivity index (χ2v) is 7.90. The van der Waals surface area contributed by atoms with E-state index >= 15 is 0 Å². The van der Waals surface area contributed by atoms with Crippen molar-refractivity contribution >= 4 is 11.9 Å². The number of aromatic nitrogens is 3. The first-order chi connectivity index (χ1) is 14.9. The van der Waals surface area contributed by atoms with Crippen molar-refractivity contribution in [3.63, 3.8) is 0 Å². The Morgan fingerprint density at radius 3 is 2.74 bits per heavy atom. The fourth-order valence-corrected chi connectivity index (χ4v) is 4.02. The lowest BCUT2D eigenvalue weighted by Crippen LogP contribution is -2.32. The van der Waals surface area contributed by atoms with Crippen LogP contribution in [0.4, 0.5) is 5.95 Å². The van der Waals surface area contributed by atoms with Gasteiger partial charge in [0.05, 0.1) is 24.5 Å². The van der Waals surface area contributed by atoms with Crippen molar-refractivity contribution in [3.05, 3.63) is 53.5 Å². The molecule has 1 atom stereocenters. The normalized spacial score (nSPS) is 15.9. The number of aryl methyl sites for hydroxylation is 2. The number of methoxy groups -OCH3 is 1. The van der Waals surface area contributed by atoms with E-state index in [0.29, 0.717) is 29.8 Å². The molecule has 0 unspecified atom stereocenters. The molecule has 1 aromatic carbocycles. The molecule has 0 N–H and O–H groups in total. The molecule has 3 heterocycles. The van der Waals surface area contributed by atoms with Crippen molar-refractivity contribution in [1.29, 1.82) is 0 Å². The zero-order valence-corrected chi connectivity index (χ0v) is 18.5. The minimum Gasteiger partial charge on any atom is -0.497 e. The largest absolute Gasteiger partial charge is 0.497 e. The molecule has 162 valence electrons. The Morgan fingerprint density at radius 1 is 1.26 bits per heavy atom. The van der Waals surface area contributed by atoms with Crippen LogP contribution in [-0.2, 0) is 0 Å². The second kappa shape index (κ2) is 8.37. The molecule has 0 bridgehead atoms. The summed E-state index contributed by atoms with van der Waals surface area (Å²) in [4.78, 5) is 30.7. The summed E-state index contributed by atoms with van der Waals surface area (Å²) in [5.74, 6) is 2.00. The number of ether oxygens (including phenoxy) is 1. The number of amides is 1. The summed E-state index contributed by atoms with van der Waals surface area (Å²) >= 11 is 0. The second-order valence-electron chi connectivity index (χ2n) is 7.90. The molecule has 0 saturated carbocycles. The van der Waals surface area contributed by atoms with Gasteiger partial charge in [0, 0.05) is 39.3 Å². The highest BCUT2D eigenvalue weighted by molar-refractivity contribution is 5.93. The van der Waals surface area contributed by atoms with Crippen molar-refractivity contribution < 1.29 is 13.9 Å². The minimum atomic E-state index is -0.180. The quantitative estimate of drug-likeness (QED) is 0.619. The van der Waals surface area contributed by atoms with E-state index in [9.17, 15) is 4.79 Å². The van der Waals surface area contributed by atoms with Crippen LogP contribution < -0.4 is 9.64 Å². The summed E-state index contributed by atoms with van der Waals surface area (Å²) in [6, 6.07) is 7.63. The Labute approximate surface area is 181 Å².